The van der Waals surface area contributed by atoms with Crippen molar-refractivity contribution in [1.82, 2.24) is 0 Å². The third-order valence-corrected chi connectivity index (χ3v) is 4.93. The number of hydrogen-bond acceptors (Lipinski definition) is 2. The Balaban J connectivity index is 2.40. The number of anilines is 1. The van der Waals surface area contributed by atoms with E-state index >= 15 is 0 Å². The minimum absolute atomic E-state index is 0.228. The molecule has 25 heavy (non-hydrogen) atoms. The Kier molecular flexibility index (Phi) is 5.41. The van der Waals surface area contributed by atoms with Crippen LogP contribution in [0.1, 0.15) is 54.2 Å². The molecule has 2 rings (SSSR count). The van der Waals surface area contributed by atoms with Crippen molar-refractivity contribution >= 4 is 17.1 Å². The van der Waals surface area contributed by atoms with Gasteiger partial charge in [-0.05, 0) is 84.6 Å². The van der Waals surface area contributed by atoms with Crippen molar-refractivity contribution in [3.63, 3.8) is 0 Å². The topological polar surface area (TPSA) is 24.4 Å². The fourth-order valence-corrected chi connectivity index (χ4v) is 3.44. The standard InChI is InChI=1S/C23H32N2/c1-14-10-16(3)21(17(4)11-14)24-20(7)23(8,9)25-22-18(5)12-15(2)13-19(22)6/h10-13,25H,1-9H3. The summed E-state index contributed by atoms with van der Waals surface area (Å²) in [6.45, 7) is 19.4. The summed E-state index contributed by atoms with van der Waals surface area (Å²) in [5.74, 6) is 0. The normalized spacial score (nSPS) is 12.4. The lowest BCUT2D eigenvalue weighted by atomic mass is 9.95. The smallest absolute Gasteiger partial charge is 0.0697 e. The summed E-state index contributed by atoms with van der Waals surface area (Å²) in [5, 5.41) is 3.72. The zero-order chi connectivity index (χ0) is 18.9. The number of hydrogen-bond donors (Lipinski definition) is 1. The largest absolute Gasteiger partial charge is 0.374 e. The van der Waals surface area contributed by atoms with E-state index < -0.39 is 0 Å². The van der Waals surface area contributed by atoms with Gasteiger partial charge in [0.2, 0.25) is 0 Å². The van der Waals surface area contributed by atoms with Crippen LogP contribution in [0.5, 0.6) is 0 Å². The summed E-state index contributed by atoms with van der Waals surface area (Å²) in [6.07, 6.45) is 0. The Hall–Kier alpha value is -2.09. The second-order valence-electron chi connectivity index (χ2n) is 7.97. The third kappa shape index (κ3) is 4.31. The second kappa shape index (κ2) is 7.03. The first kappa shape index (κ1) is 19.2. The van der Waals surface area contributed by atoms with Gasteiger partial charge in [-0.15, -0.1) is 0 Å². The Morgan fingerprint density at radius 3 is 1.60 bits per heavy atom. The quantitative estimate of drug-likeness (QED) is 0.631. The van der Waals surface area contributed by atoms with Crippen LogP contribution in [0.3, 0.4) is 0 Å². The summed E-state index contributed by atoms with van der Waals surface area (Å²) in [4.78, 5) is 5.00. The van der Waals surface area contributed by atoms with Crippen molar-refractivity contribution in [2.24, 2.45) is 4.99 Å². The molecule has 0 fully saturated rings. The number of aliphatic imine (C=N–C) groups is 1. The molecule has 0 spiro atoms. The van der Waals surface area contributed by atoms with Gasteiger partial charge in [-0.25, -0.2) is 0 Å². The first-order valence-corrected chi connectivity index (χ1v) is 9.01. The number of aryl methyl sites for hydroxylation is 6. The van der Waals surface area contributed by atoms with E-state index in [2.05, 4.69) is 91.9 Å². The van der Waals surface area contributed by atoms with Gasteiger partial charge in [-0.3, -0.25) is 4.99 Å². The zero-order valence-corrected chi connectivity index (χ0v) is 17.3. The van der Waals surface area contributed by atoms with Crippen LogP contribution < -0.4 is 5.32 Å². The molecule has 0 saturated carbocycles. The van der Waals surface area contributed by atoms with E-state index in [0.29, 0.717) is 0 Å². The van der Waals surface area contributed by atoms with Crippen LogP contribution in [0.4, 0.5) is 11.4 Å². The van der Waals surface area contributed by atoms with Gasteiger partial charge in [0, 0.05) is 11.4 Å². The molecule has 0 aromatic heterocycles. The van der Waals surface area contributed by atoms with Gasteiger partial charge in [0.25, 0.3) is 0 Å². The van der Waals surface area contributed by atoms with E-state index in [9.17, 15) is 0 Å². The van der Waals surface area contributed by atoms with Crippen LogP contribution in [0.15, 0.2) is 29.3 Å². The fourth-order valence-electron chi connectivity index (χ4n) is 3.44. The molecule has 0 heterocycles. The molecule has 134 valence electrons. The van der Waals surface area contributed by atoms with Gasteiger partial charge >= 0.3 is 0 Å². The molecule has 0 atom stereocenters. The fraction of sp³-hybridized carbons (Fsp3) is 0.435. The van der Waals surface area contributed by atoms with Crippen molar-refractivity contribution in [2.75, 3.05) is 5.32 Å². The first-order valence-electron chi connectivity index (χ1n) is 9.01. The second-order valence-corrected chi connectivity index (χ2v) is 7.97. The van der Waals surface area contributed by atoms with Crippen molar-refractivity contribution in [3.8, 4) is 0 Å². The van der Waals surface area contributed by atoms with Crippen LogP contribution in [-0.2, 0) is 0 Å². The predicted octanol–water partition coefficient (Wildman–Crippen LogP) is 6.52. The van der Waals surface area contributed by atoms with Crippen molar-refractivity contribution < 1.29 is 0 Å². The molecule has 0 aliphatic carbocycles. The molecule has 0 amide bonds. The van der Waals surface area contributed by atoms with E-state index in [1.807, 2.05) is 0 Å². The Labute approximate surface area is 153 Å². The molecule has 2 aromatic rings. The highest BCUT2D eigenvalue weighted by Gasteiger charge is 2.23. The third-order valence-electron chi connectivity index (χ3n) is 4.93. The van der Waals surface area contributed by atoms with Gasteiger partial charge in [-0.1, -0.05) is 35.4 Å². The van der Waals surface area contributed by atoms with E-state index in [4.69, 9.17) is 4.99 Å². The highest BCUT2D eigenvalue weighted by atomic mass is 15.0. The van der Waals surface area contributed by atoms with Crippen molar-refractivity contribution in [3.05, 3.63) is 57.6 Å². The lowest BCUT2D eigenvalue weighted by molar-refractivity contribution is 0.752. The van der Waals surface area contributed by atoms with Crippen LogP contribution >= 0.6 is 0 Å². The van der Waals surface area contributed by atoms with Gasteiger partial charge in [0.05, 0.1) is 11.2 Å². The molecule has 1 N–H and O–H groups in total. The van der Waals surface area contributed by atoms with Crippen molar-refractivity contribution in [1.29, 1.82) is 0 Å². The van der Waals surface area contributed by atoms with E-state index in [1.54, 1.807) is 0 Å². The molecule has 0 saturated heterocycles. The molecule has 0 radical (unpaired) electrons. The van der Waals surface area contributed by atoms with Crippen LogP contribution in [0.25, 0.3) is 0 Å². The van der Waals surface area contributed by atoms with E-state index in [-0.39, 0.29) is 5.54 Å². The minimum atomic E-state index is -0.228. The van der Waals surface area contributed by atoms with Gasteiger partial charge < -0.3 is 5.32 Å². The molecule has 2 heteroatoms. The van der Waals surface area contributed by atoms with Crippen LogP contribution in [0, 0.1) is 41.5 Å². The van der Waals surface area contributed by atoms with Gasteiger partial charge in [-0.2, -0.15) is 0 Å². The maximum absolute atomic E-state index is 5.00. The molecule has 2 nitrogen and oxygen atoms in total. The summed E-state index contributed by atoms with van der Waals surface area (Å²) < 4.78 is 0. The minimum Gasteiger partial charge on any atom is -0.374 e. The van der Waals surface area contributed by atoms with Crippen molar-refractivity contribution in [2.45, 2.75) is 67.9 Å². The SMILES string of the molecule is CC(=Nc1c(C)cc(C)cc1C)C(C)(C)Nc1c(C)cc(C)cc1C. The average Bonchev–Trinajstić information content (AvgIpc) is 2.46. The average molecular weight is 337 g/mol. The first-order chi connectivity index (χ1) is 11.5. The summed E-state index contributed by atoms with van der Waals surface area (Å²) in [6, 6.07) is 8.86. The molecular formula is C23H32N2. The summed E-state index contributed by atoms with van der Waals surface area (Å²) in [7, 11) is 0. The van der Waals surface area contributed by atoms with E-state index in [0.717, 1.165) is 11.4 Å². The monoisotopic (exact) mass is 336 g/mol. The Bertz CT molecular complexity index is 780. The summed E-state index contributed by atoms with van der Waals surface area (Å²) >= 11 is 0. The highest BCUT2D eigenvalue weighted by molar-refractivity contribution is 5.96. The number of nitrogens with zero attached hydrogens (tertiary/aromatic N) is 1. The van der Waals surface area contributed by atoms with Crippen LogP contribution in [-0.4, -0.2) is 11.3 Å². The summed E-state index contributed by atoms with van der Waals surface area (Å²) in [5.41, 5.74) is 10.8. The molecular weight excluding hydrogens is 304 g/mol. The van der Waals surface area contributed by atoms with E-state index in [1.165, 1.54) is 39.1 Å². The molecule has 2 aromatic carbocycles. The van der Waals surface area contributed by atoms with Gasteiger partial charge in [0.15, 0.2) is 0 Å². The number of nitrogens with one attached hydrogen (secondary N) is 1. The number of rotatable bonds is 4. The van der Waals surface area contributed by atoms with Crippen LogP contribution in [0.2, 0.25) is 0 Å². The maximum atomic E-state index is 5.00. The number of benzene rings is 2. The lowest BCUT2D eigenvalue weighted by Gasteiger charge is -2.30. The Morgan fingerprint density at radius 2 is 1.16 bits per heavy atom. The highest BCUT2D eigenvalue weighted by Crippen LogP contribution is 2.29. The Morgan fingerprint density at radius 1 is 0.760 bits per heavy atom. The maximum Gasteiger partial charge on any atom is 0.0697 e. The molecule has 0 unspecified atom stereocenters. The van der Waals surface area contributed by atoms with Gasteiger partial charge in [0.1, 0.15) is 0 Å². The molecule has 0 bridgehead atoms. The molecule has 0 aliphatic heterocycles. The molecule has 0 aliphatic rings. The lowest BCUT2D eigenvalue weighted by Crippen LogP contribution is -2.39. The predicted molar refractivity (Wildman–Crippen MR) is 112 cm³/mol. The zero-order valence-electron chi connectivity index (χ0n) is 17.3.